The van der Waals surface area contributed by atoms with Gasteiger partial charge in [-0.2, -0.15) is 0 Å². The van der Waals surface area contributed by atoms with Gasteiger partial charge >= 0.3 is 0 Å². The van der Waals surface area contributed by atoms with Crippen LogP contribution in [0.1, 0.15) is 12.0 Å². The third kappa shape index (κ3) is 1.65. The SMILES string of the molecule is Brc1ccc2c(c1)[C@@]1(CCO2)COCCN1. The Balaban J connectivity index is 2.06. The molecule has 3 rings (SSSR count). The summed E-state index contributed by atoms with van der Waals surface area (Å²) in [5, 5.41) is 3.59. The molecule has 0 saturated carbocycles. The molecule has 3 nitrogen and oxygen atoms in total. The Morgan fingerprint density at radius 2 is 2.25 bits per heavy atom. The van der Waals surface area contributed by atoms with Gasteiger partial charge in [-0.25, -0.2) is 0 Å². The highest BCUT2D eigenvalue weighted by atomic mass is 79.9. The summed E-state index contributed by atoms with van der Waals surface area (Å²) in [6.45, 7) is 3.20. The first-order chi connectivity index (χ1) is 7.80. The lowest BCUT2D eigenvalue weighted by molar-refractivity contribution is 0.00561. The largest absolute Gasteiger partial charge is 0.493 e. The predicted molar refractivity (Wildman–Crippen MR) is 64.8 cm³/mol. The molecule has 2 heterocycles. The Kier molecular flexibility index (Phi) is 2.65. The molecule has 2 aliphatic rings. The van der Waals surface area contributed by atoms with Crippen LogP contribution in [0.3, 0.4) is 0 Å². The van der Waals surface area contributed by atoms with Gasteiger partial charge in [0.15, 0.2) is 0 Å². The Morgan fingerprint density at radius 3 is 3.06 bits per heavy atom. The highest BCUT2D eigenvalue weighted by Crippen LogP contribution is 2.39. The molecule has 1 aromatic carbocycles. The quantitative estimate of drug-likeness (QED) is 0.791. The van der Waals surface area contributed by atoms with Gasteiger partial charge in [0.05, 0.1) is 25.4 Å². The molecule has 16 heavy (non-hydrogen) atoms. The highest BCUT2D eigenvalue weighted by molar-refractivity contribution is 9.10. The van der Waals surface area contributed by atoms with Crippen LogP contribution in [-0.2, 0) is 10.3 Å². The number of nitrogens with one attached hydrogen (secondary N) is 1. The van der Waals surface area contributed by atoms with E-state index in [2.05, 4.69) is 27.3 Å². The zero-order valence-corrected chi connectivity index (χ0v) is 10.5. The molecule has 0 aliphatic carbocycles. The van der Waals surface area contributed by atoms with Crippen LogP contribution in [0.2, 0.25) is 0 Å². The van der Waals surface area contributed by atoms with Gasteiger partial charge in [-0.15, -0.1) is 0 Å². The molecule has 2 aliphatic heterocycles. The van der Waals surface area contributed by atoms with Crippen molar-refractivity contribution in [1.82, 2.24) is 5.32 Å². The van der Waals surface area contributed by atoms with E-state index in [0.29, 0.717) is 0 Å². The summed E-state index contributed by atoms with van der Waals surface area (Å²) in [6, 6.07) is 6.17. The molecule has 4 heteroatoms. The monoisotopic (exact) mass is 283 g/mol. The Bertz CT molecular complexity index is 402. The van der Waals surface area contributed by atoms with Crippen LogP contribution in [0.4, 0.5) is 0 Å². The average Bonchev–Trinajstić information content (AvgIpc) is 2.32. The summed E-state index contributed by atoms with van der Waals surface area (Å²) in [5.74, 6) is 0.979. The fourth-order valence-electron chi connectivity index (χ4n) is 2.47. The van der Waals surface area contributed by atoms with Gasteiger partial charge in [-0.1, -0.05) is 15.9 Å². The Hall–Kier alpha value is -0.580. The van der Waals surface area contributed by atoms with Gasteiger partial charge in [-0.3, -0.25) is 0 Å². The third-order valence-corrected chi connectivity index (χ3v) is 3.80. The Morgan fingerprint density at radius 1 is 1.31 bits per heavy atom. The van der Waals surface area contributed by atoms with E-state index in [1.54, 1.807) is 0 Å². The number of hydrogen-bond acceptors (Lipinski definition) is 3. The van der Waals surface area contributed by atoms with E-state index >= 15 is 0 Å². The van der Waals surface area contributed by atoms with Crippen LogP contribution in [0, 0.1) is 0 Å². The third-order valence-electron chi connectivity index (χ3n) is 3.30. The maximum absolute atomic E-state index is 5.69. The van der Waals surface area contributed by atoms with E-state index in [0.717, 1.165) is 43.0 Å². The lowest BCUT2D eigenvalue weighted by Gasteiger charge is -2.42. The van der Waals surface area contributed by atoms with E-state index in [9.17, 15) is 0 Å². The molecule has 0 bridgehead atoms. The van der Waals surface area contributed by atoms with Gasteiger partial charge < -0.3 is 14.8 Å². The molecule has 1 atom stereocenters. The molecule has 0 radical (unpaired) electrons. The van der Waals surface area contributed by atoms with Crippen molar-refractivity contribution in [1.29, 1.82) is 0 Å². The molecule has 1 fully saturated rings. The lowest BCUT2D eigenvalue weighted by atomic mass is 9.84. The number of ether oxygens (including phenoxy) is 2. The number of benzene rings is 1. The summed E-state index contributed by atoms with van der Waals surface area (Å²) in [5.41, 5.74) is 1.17. The van der Waals surface area contributed by atoms with Crippen molar-refractivity contribution in [3.8, 4) is 5.75 Å². The van der Waals surface area contributed by atoms with Crippen molar-refractivity contribution in [3.05, 3.63) is 28.2 Å². The molecule has 86 valence electrons. The van der Waals surface area contributed by atoms with E-state index in [4.69, 9.17) is 9.47 Å². The van der Waals surface area contributed by atoms with E-state index in [1.165, 1.54) is 5.56 Å². The van der Waals surface area contributed by atoms with E-state index in [-0.39, 0.29) is 5.54 Å². The van der Waals surface area contributed by atoms with Crippen LogP contribution in [0.25, 0.3) is 0 Å². The van der Waals surface area contributed by atoms with Crippen molar-refractivity contribution in [2.24, 2.45) is 0 Å². The minimum atomic E-state index is -0.0460. The van der Waals surface area contributed by atoms with Crippen molar-refractivity contribution in [2.45, 2.75) is 12.0 Å². The molecule has 0 aromatic heterocycles. The first-order valence-corrected chi connectivity index (χ1v) is 6.35. The highest BCUT2D eigenvalue weighted by Gasteiger charge is 2.39. The maximum Gasteiger partial charge on any atom is 0.124 e. The normalized spacial score (nSPS) is 28.6. The fourth-order valence-corrected chi connectivity index (χ4v) is 2.83. The fraction of sp³-hybridized carbons (Fsp3) is 0.500. The molecular weight excluding hydrogens is 270 g/mol. The molecule has 0 unspecified atom stereocenters. The zero-order chi connectivity index (χ0) is 11.0. The second-order valence-electron chi connectivity index (χ2n) is 4.30. The minimum Gasteiger partial charge on any atom is -0.493 e. The van der Waals surface area contributed by atoms with Crippen LogP contribution in [0.5, 0.6) is 5.75 Å². The van der Waals surface area contributed by atoms with Crippen LogP contribution >= 0.6 is 15.9 Å². The van der Waals surface area contributed by atoms with E-state index in [1.807, 2.05) is 12.1 Å². The molecular formula is C12H14BrNO2. The number of fused-ring (bicyclic) bond motifs is 2. The van der Waals surface area contributed by atoms with Gasteiger partial charge in [0.25, 0.3) is 0 Å². The summed E-state index contributed by atoms with van der Waals surface area (Å²) in [7, 11) is 0. The van der Waals surface area contributed by atoms with Crippen LogP contribution in [-0.4, -0.2) is 26.4 Å². The van der Waals surface area contributed by atoms with Gasteiger partial charge in [-0.05, 0) is 18.2 Å². The first kappa shape index (κ1) is 10.6. The summed E-state index contributed by atoms with van der Waals surface area (Å²) in [4.78, 5) is 0. The lowest BCUT2D eigenvalue weighted by Crippen LogP contribution is -2.54. The molecule has 1 spiro atoms. The molecule has 1 saturated heterocycles. The van der Waals surface area contributed by atoms with Gasteiger partial charge in [0.2, 0.25) is 0 Å². The number of halogens is 1. The minimum absolute atomic E-state index is 0.0460. The first-order valence-electron chi connectivity index (χ1n) is 5.56. The topological polar surface area (TPSA) is 30.5 Å². The van der Waals surface area contributed by atoms with Gasteiger partial charge in [0.1, 0.15) is 5.75 Å². The van der Waals surface area contributed by atoms with Crippen molar-refractivity contribution in [3.63, 3.8) is 0 Å². The number of hydrogen-bond donors (Lipinski definition) is 1. The van der Waals surface area contributed by atoms with Crippen LogP contribution < -0.4 is 10.1 Å². The smallest absolute Gasteiger partial charge is 0.124 e. The molecule has 1 aromatic rings. The van der Waals surface area contributed by atoms with E-state index < -0.39 is 0 Å². The average molecular weight is 284 g/mol. The maximum atomic E-state index is 5.69. The van der Waals surface area contributed by atoms with Crippen molar-refractivity contribution >= 4 is 15.9 Å². The number of morpholine rings is 1. The Labute approximate surface area is 103 Å². The van der Waals surface area contributed by atoms with Crippen molar-refractivity contribution in [2.75, 3.05) is 26.4 Å². The van der Waals surface area contributed by atoms with Crippen LogP contribution in [0.15, 0.2) is 22.7 Å². The summed E-state index contributed by atoms with van der Waals surface area (Å²) < 4.78 is 12.4. The number of rotatable bonds is 0. The van der Waals surface area contributed by atoms with Gasteiger partial charge in [0, 0.05) is 23.0 Å². The van der Waals surface area contributed by atoms with Crippen molar-refractivity contribution < 1.29 is 9.47 Å². The standard InChI is InChI=1S/C12H14BrNO2/c13-9-1-2-11-10(7-9)12(3-5-16-11)8-15-6-4-14-12/h1-2,7,14H,3-6,8H2/t12-/m1/s1. The second-order valence-corrected chi connectivity index (χ2v) is 5.22. The summed E-state index contributed by atoms with van der Waals surface area (Å²) >= 11 is 3.52. The second kappa shape index (κ2) is 4.02. The predicted octanol–water partition coefficient (Wildman–Crippen LogP) is 2.05. The molecule has 1 N–H and O–H groups in total. The molecule has 0 amide bonds. The zero-order valence-electron chi connectivity index (χ0n) is 8.96. The summed E-state index contributed by atoms with van der Waals surface area (Å²) in [6.07, 6.45) is 0.969.